The van der Waals surface area contributed by atoms with Gasteiger partial charge in [0.05, 0.1) is 0 Å². The van der Waals surface area contributed by atoms with Crippen LogP contribution in [0, 0.1) is 0 Å². The van der Waals surface area contributed by atoms with Gasteiger partial charge < -0.3 is 9.88 Å². The molecule has 0 aliphatic rings. The smallest absolute Gasteiger partial charge is 0.0361 e. The topological polar surface area (TPSA) is 17.0 Å². The first-order valence-corrected chi connectivity index (χ1v) is 6.63. The second-order valence-corrected chi connectivity index (χ2v) is 4.92. The van der Waals surface area contributed by atoms with E-state index in [2.05, 4.69) is 72.5 Å². The molecule has 2 nitrogen and oxygen atoms in total. The summed E-state index contributed by atoms with van der Waals surface area (Å²) >= 11 is 0. The zero-order valence-corrected chi connectivity index (χ0v) is 11.3. The summed E-state index contributed by atoms with van der Waals surface area (Å²) in [7, 11) is 2.09. The number of rotatable bonds is 6. The van der Waals surface area contributed by atoms with E-state index in [1.807, 2.05) is 0 Å². The molecule has 0 bridgehead atoms. The van der Waals surface area contributed by atoms with Crippen molar-refractivity contribution in [1.29, 1.82) is 0 Å². The monoisotopic (exact) mass is 242 g/mol. The van der Waals surface area contributed by atoms with Gasteiger partial charge in [0, 0.05) is 31.5 Å². The van der Waals surface area contributed by atoms with Crippen molar-refractivity contribution in [2.75, 3.05) is 0 Å². The highest BCUT2D eigenvalue weighted by molar-refractivity contribution is 5.14. The van der Waals surface area contributed by atoms with Crippen LogP contribution >= 0.6 is 0 Å². The number of benzene rings is 1. The second kappa shape index (κ2) is 6.41. The van der Waals surface area contributed by atoms with Crippen LogP contribution in [0.2, 0.25) is 0 Å². The first kappa shape index (κ1) is 12.9. The van der Waals surface area contributed by atoms with Gasteiger partial charge in [-0.05, 0) is 37.5 Å². The number of aromatic nitrogens is 1. The number of aryl methyl sites for hydroxylation is 2. The van der Waals surface area contributed by atoms with Gasteiger partial charge >= 0.3 is 0 Å². The van der Waals surface area contributed by atoms with Gasteiger partial charge in [0.15, 0.2) is 0 Å². The van der Waals surface area contributed by atoms with Crippen LogP contribution in [0.5, 0.6) is 0 Å². The Kier molecular flexibility index (Phi) is 4.59. The maximum atomic E-state index is 3.58. The van der Waals surface area contributed by atoms with Crippen molar-refractivity contribution in [3.05, 3.63) is 59.9 Å². The molecule has 1 atom stereocenters. The lowest BCUT2D eigenvalue weighted by Crippen LogP contribution is -2.26. The van der Waals surface area contributed by atoms with Gasteiger partial charge in [-0.2, -0.15) is 0 Å². The van der Waals surface area contributed by atoms with Crippen molar-refractivity contribution in [2.24, 2.45) is 7.05 Å². The first-order chi connectivity index (χ1) is 8.75. The van der Waals surface area contributed by atoms with E-state index in [0.29, 0.717) is 6.04 Å². The fourth-order valence-electron chi connectivity index (χ4n) is 2.09. The molecule has 0 radical (unpaired) electrons. The summed E-state index contributed by atoms with van der Waals surface area (Å²) < 4.78 is 2.16. The van der Waals surface area contributed by atoms with E-state index in [1.165, 1.54) is 17.7 Å². The van der Waals surface area contributed by atoms with Gasteiger partial charge in [-0.3, -0.25) is 0 Å². The van der Waals surface area contributed by atoms with E-state index in [-0.39, 0.29) is 0 Å². The van der Waals surface area contributed by atoms with Crippen molar-refractivity contribution in [3.8, 4) is 0 Å². The average molecular weight is 242 g/mol. The van der Waals surface area contributed by atoms with Crippen LogP contribution in [0.15, 0.2) is 48.7 Å². The van der Waals surface area contributed by atoms with Crippen LogP contribution in [0.3, 0.4) is 0 Å². The third-order valence-electron chi connectivity index (χ3n) is 3.39. The number of hydrogen-bond acceptors (Lipinski definition) is 1. The SMILES string of the molecule is CC(CCc1ccccc1)NCc1cccn1C. The highest BCUT2D eigenvalue weighted by Gasteiger charge is 2.03. The number of nitrogens with one attached hydrogen (secondary N) is 1. The first-order valence-electron chi connectivity index (χ1n) is 6.63. The summed E-state index contributed by atoms with van der Waals surface area (Å²) in [6.45, 7) is 3.20. The molecule has 1 heterocycles. The van der Waals surface area contributed by atoms with Crippen LogP contribution < -0.4 is 5.32 Å². The molecular weight excluding hydrogens is 220 g/mol. The van der Waals surface area contributed by atoms with E-state index < -0.39 is 0 Å². The van der Waals surface area contributed by atoms with Crippen molar-refractivity contribution in [2.45, 2.75) is 32.4 Å². The molecule has 0 fully saturated rings. The Labute approximate surface area is 110 Å². The Morgan fingerprint density at radius 1 is 1.11 bits per heavy atom. The molecule has 0 saturated carbocycles. The van der Waals surface area contributed by atoms with Crippen LogP contribution in [0.1, 0.15) is 24.6 Å². The largest absolute Gasteiger partial charge is 0.353 e. The summed E-state index contributed by atoms with van der Waals surface area (Å²) in [4.78, 5) is 0. The Hall–Kier alpha value is -1.54. The second-order valence-electron chi connectivity index (χ2n) is 4.92. The van der Waals surface area contributed by atoms with Crippen molar-refractivity contribution in [3.63, 3.8) is 0 Å². The Morgan fingerprint density at radius 3 is 2.56 bits per heavy atom. The molecule has 2 heteroatoms. The van der Waals surface area contributed by atoms with E-state index in [0.717, 1.165) is 13.0 Å². The lowest BCUT2D eigenvalue weighted by atomic mass is 10.1. The average Bonchev–Trinajstić information content (AvgIpc) is 2.81. The van der Waals surface area contributed by atoms with Gasteiger partial charge in [0.25, 0.3) is 0 Å². The van der Waals surface area contributed by atoms with Gasteiger partial charge in [-0.15, -0.1) is 0 Å². The molecule has 2 rings (SSSR count). The molecule has 1 N–H and O–H groups in total. The van der Waals surface area contributed by atoms with E-state index in [1.54, 1.807) is 0 Å². The van der Waals surface area contributed by atoms with Gasteiger partial charge in [0.1, 0.15) is 0 Å². The molecule has 0 spiro atoms. The van der Waals surface area contributed by atoms with Gasteiger partial charge in [-0.1, -0.05) is 30.3 Å². The predicted octanol–water partition coefficient (Wildman–Crippen LogP) is 3.14. The quantitative estimate of drug-likeness (QED) is 0.823. The fraction of sp³-hybridized carbons (Fsp3) is 0.375. The van der Waals surface area contributed by atoms with Crippen LogP contribution in [-0.2, 0) is 20.0 Å². The van der Waals surface area contributed by atoms with Crippen molar-refractivity contribution >= 4 is 0 Å². The molecular formula is C16H22N2. The highest BCUT2D eigenvalue weighted by atomic mass is 15.0. The van der Waals surface area contributed by atoms with E-state index in [4.69, 9.17) is 0 Å². The normalized spacial score (nSPS) is 12.6. The fourth-order valence-corrected chi connectivity index (χ4v) is 2.09. The van der Waals surface area contributed by atoms with E-state index in [9.17, 15) is 0 Å². The zero-order valence-electron chi connectivity index (χ0n) is 11.3. The Morgan fingerprint density at radius 2 is 1.89 bits per heavy atom. The molecule has 0 amide bonds. The number of hydrogen-bond donors (Lipinski definition) is 1. The molecule has 1 aromatic heterocycles. The lowest BCUT2D eigenvalue weighted by molar-refractivity contribution is 0.504. The molecule has 1 aromatic carbocycles. The minimum Gasteiger partial charge on any atom is -0.353 e. The maximum absolute atomic E-state index is 3.58. The molecule has 0 saturated heterocycles. The molecule has 18 heavy (non-hydrogen) atoms. The minimum absolute atomic E-state index is 0.542. The summed E-state index contributed by atoms with van der Waals surface area (Å²) in [6.07, 6.45) is 4.40. The Bertz CT molecular complexity index is 459. The van der Waals surface area contributed by atoms with E-state index >= 15 is 0 Å². The standard InChI is InChI=1S/C16H22N2/c1-14(10-11-15-7-4-3-5-8-15)17-13-16-9-6-12-18(16)2/h3-9,12,14,17H,10-11,13H2,1-2H3. The van der Waals surface area contributed by atoms with Gasteiger partial charge in [0.2, 0.25) is 0 Å². The number of nitrogens with zero attached hydrogens (tertiary/aromatic N) is 1. The summed E-state index contributed by atoms with van der Waals surface area (Å²) in [5.41, 5.74) is 2.76. The maximum Gasteiger partial charge on any atom is 0.0361 e. The van der Waals surface area contributed by atoms with Crippen LogP contribution in [0.4, 0.5) is 0 Å². The lowest BCUT2D eigenvalue weighted by Gasteiger charge is -2.14. The Balaban J connectivity index is 1.73. The zero-order chi connectivity index (χ0) is 12.8. The summed E-state index contributed by atoms with van der Waals surface area (Å²) in [5, 5.41) is 3.58. The minimum atomic E-state index is 0.542. The predicted molar refractivity (Wildman–Crippen MR) is 76.5 cm³/mol. The van der Waals surface area contributed by atoms with Crippen LogP contribution in [0.25, 0.3) is 0 Å². The summed E-state index contributed by atoms with van der Waals surface area (Å²) in [6, 6.07) is 15.5. The van der Waals surface area contributed by atoms with Gasteiger partial charge in [-0.25, -0.2) is 0 Å². The molecule has 96 valence electrons. The third-order valence-corrected chi connectivity index (χ3v) is 3.39. The molecule has 2 aromatic rings. The molecule has 0 aliphatic carbocycles. The molecule has 0 aliphatic heterocycles. The van der Waals surface area contributed by atoms with Crippen LogP contribution in [-0.4, -0.2) is 10.6 Å². The van der Waals surface area contributed by atoms with Crippen molar-refractivity contribution < 1.29 is 0 Å². The summed E-state index contributed by atoms with van der Waals surface area (Å²) in [5.74, 6) is 0. The third kappa shape index (κ3) is 3.74. The molecule has 1 unspecified atom stereocenters. The highest BCUT2D eigenvalue weighted by Crippen LogP contribution is 2.06. The van der Waals surface area contributed by atoms with Crippen molar-refractivity contribution in [1.82, 2.24) is 9.88 Å².